The monoisotopic (exact) mass is 881 g/mol. The van der Waals surface area contributed by atoms with Crippen molar-refractivity contribution in [2.45, 2.75) is 214 Å². The van der Waals surface area contributed by atoms with Crippen LogP contribution in [0.2, 0.25) is 0 Å². The van der Waals surface area contributed by atoms with Crippen LogP contribution >= 0.6 is 48.9 Å². The predicted molar refractivity (Wildman–Crippen MR) is 259 cm³/mol. The van der Waals surface area contributed by atoms with Crippen molar-refractivity contribution in [2.24, 2.45) is 5.92 Å². The zero-order valence-electron chi connectivity index (χ0n) is 37.4. The third-order valence-electron chi connectivity index (χ3n) is 9.41. The summed E-state index contributed by atoms with van der Waals surface area (Å²) in [4.78, 5) is 0. The molecule has 0 bridgehead atoms. The number of unbranched alkanes of at least 4 members (excludes halogenated alkanes) is 18. The van der Waals surface area contributed by atoms with Gasteiger partial charge < -0.3 is 33.5 Å². The number of thiocarbonyl (C=S) groups is 4. The summed E-state index contributed by atoms with van der Waals surface area (Å²) in [6.07, 6.45) is 31.9. The van der Waals surface area contributed by atoms with Gasteiger partial charge in [0.1, 0.15) is 25.9 Å². The van der Waals surface area contributed by atoms with Crippen molar-refractivity contribution in [3.8, 4) is 0 Å². The summed E-state index contributed by atoms with van der Waals surface area (Å²) in [6.45, 7) is 14.6. The molecule has 7 nitrogen and oxygen atoms in total. The lowest BCUT2D eigenvalue weighted by Gasteiger charge is -2.19. The van der Waals surface area contributed by atoms with E-state index in [-0.39, 0.29) is 11.2 Å². The van der Waals surface area contributed by atoms with Crippen LogP contribution in [-0.2, 0) is 28.4 Å². The molecule has 0 amide bonds. The molecule has 57 heavy (non-hydrogen) atoms. The van der Waals surface area contributed by atoms with E-state index in [1.165, 1.54) is 122 Å². The Morgan fingerprint density at radius 2 is 0.754 bits per heavy atom. The summed E-state index contributed by atoms with van der Waals surface area (Å²) in [5, 5.41) is 11.0. The summed E-state index contributed by atoms with van der Waals surface area (Å²) in [7, 11) is 0. The highest BCUT2D eigenvalue weighted by Gasteiger charge is 2.12. The standard InChI is InChI=1S/C30H56O6S3.C16H32OS/c1-4-7-10-13-16-28(37)34-21-19-31-25-27(33-23-24-36-30(39)18-15-12-9-6-3)26-32-20-22-35-29(38)17-14-11-8-5-2;1-15(2)13-11-9-7-5-3-4-6-8-10-12-14-16(17)18/h27H,4-26H2,1-3H3;15H,3-14H2,1-2H3,(H,17,18). The van der Waals surface area contributed by atoms with Gasteiger partial charge in [-0.2, -0.15) is 0 Å². The van der Waals surface area contributed by atoms with Gasteiger partial charge in [-0.3, -0.25) is 0 Å². The Morgan fingerprint density at radius 1 is 0.421 bits per heavy atom. The van der Waals surface area contributed by atoms with Gasteiger partial charge in [0.2, 0.25) is 0 Å². The molecule has 0 rings (SSSR count). The summed E-state index contributed by atoms with van der Waals surface area (Å²) in [6, 6.07) is 0. The maximum atomic E-state index is 8.86. The molecule has 0 aromatic carbocycles. The maximum Gasteiger partial charge on any atom is 0.159 e. The lowest BCUT2D eigenvalue weighted by molar-refractivity contribution is -0.0715. The lowest BCUT2D eigenvalue weighted by Crippen LogP contribution is -2.29. The van der Waals surface area contributed by atoms with E-state index in [0.717, 1.165) is 50.9 Å². The molecule has 0 atom stereocenters. The fourth-order valence-corrected chi connectivity index (χ4v) is 6.75. The average Bonchev–Trinajstić information content (AvgIpc) is 3.18. The van der Waals surface area contributed by atoms with E-state index < -0.39 is 0 Å². The van der Waals surface area contributed by atoms with Gasteiger partial charge in [0.15, 0.2) is 20.2 Å². The van der Waals surface area contributed by atoms with E-state index in [1.54, 1.807) is 0 Å². The first-order valence-corrected chi connectivity index (χ1v) is 24.7. The molecule has 0 aliphatic heterocycles. The summed E-state index contributed by atoms with van der Waals surface area (Å²) < 4.78 is 34.5. The Bertz CT molecular complexity index is 872. The summed E-state index contributed by atoms with van der Waals surface area (Å²) in [5.74, 6) is 0.872. The minimum absolute atomic E-state index is 0.177. The van der Waals surface area contributed by atoms with E-state index in [1.807, 2.05) is 0 Å². The molecular formula is C46H88O7S4. The second-order valence-corrected chi connectivity index (χ2v) is 17.4. The Kier molecular flexibility index (Phi) is 49.4. The van der Waals surface area contributed by atoms with E-state index in [9.17, 15) is 0 Å². The number of rotatable bonds is 42. The molecule has 0 heterocycles. The van der Waals surface area contributed by atoms with Crippen LogP contribution in [0.15, 0.2) is 0 Å². The van der Waals surface area contributed by atoms with Crippen LogP contribution in [0.4, 0.5) is 0 Å². The number of ether oxygens (including phenoxy) is 6. The highest BCUT2D eigenvalue weighted by Crippen LogP contribution is 2.14. The minimum atomic E-state index is -0.228. The van der Waals surface area contributed by atoms with Gasteiger partial charge in [-0.25, -0.2) is 0 Å². The first-order valence-electron chi connectivity index (χ1n) is 23.1. The molecule has 11 heteroatoms. The topological polar surface area (TPSA) is 75.6 Å². The Labute approximate surface area is 373 Å². The van der Waals surface area contributed by atoms with Gasteiger partial charge >= 0.3 is 0 Å². The van der Waals surface area contributed by atoms with Crippen molar-refractivity contribution in [3.63, 3.8) is 0 Å². The molecule has 0 aromatic heterocycles. The fraction of sp³-hybridized carbons (Fsp3) is 0.913. The molecule has 338 valence electrons. The van der Waals surface area contributed by atoms with E-state index in [4.69, 9.17) is 70.2 Å². The Morgan fingerprint density at radius 3 is 1.12 bits per heavy atom. The van der Waals surface area contributed by atoms with Gasteiger partial charge in [-0.05, 0) is 80.5 Å². The zero-order chi connectivity index (χ0) is 42.5. The third-order valence-corrected chi connectivity index (χ3v) is 10.6. The van der Waals surface area contributed by atoms with Crippen LogP contribution in [0.1, 0.15) is 208 Å². The third kappa shape index (κ3) is 51.5. The van der Waals surface area contributed by atoms with Crippen LogP contribution in [-0.4, -0.2) is 84.3 Å². The second-order valence-electron chi connectivity index (χ2n) is 15.6. The quantitative estimate of drug-likeness (QED) is 0.0470. The normalized spacial score (nSPS) is 11.1. The van der Waals surface area contributed by atoms with Gasteiger partial charge in [0.05, 0.1) is 33.0 Å². The van der Waals surface area contributed by atoms with Crippen molar-refractivity contribution in [1.29, 1.82) is 0 Å². The van der Waals surface area contributed by atoms with E-state index in [0.29, 0.717) is 74.4 Å². The number of aliphatic hydroxyl groups excluding tert-OH is 1. The molecule has 1 N–H and O–H groups in total. The first kappa shape index (κ1) is 58.5. The molecule has 0 unspecified atom stereocenters. The summed E-state index contributed by atoms with van der Waals surface area (Å²) >= 11 is 20.6. The van der Waals surface area contributed by atoms with Crippen LogP contribution in [0.25, 0.3) is 0 Å². The summed E-state index contributed by atoms with van der Waals surface area (Å²) in [5.41, 5.74) is 0. The average molecular weight is 881 g/mol. The van der Waals surface area contributed by atoms with E-state index >= 15 is 0 Å². The number of hydrogen-bond donors (Lipinski definition) is 1. The lowest BCUT2D eigenvalue weighted by atomic mass is 10.0. The molecule has 0 aliphatic carbocycles. The van der Waals surface area contributed by atoms with Gasteiger partial charge in [-0.15, -0.1) is 0 Å². The van der Waals surface area contributed by atoms with Crippen molar-refractivity contribution in [1.82, 2.24) is 0 Å². The minimum Gasteiger partial charge on any atom is -0.502 e. The Hall–Kier alpha value is -0.560. The highest BCUT2D eigenvalue weighted by atomic mass is 32.1. The Balaban J connectivity index is 0. The zero-order valence-corrected chi connectivity index (χ0v) is 40.7. The van der Waals surface area contributed by atoms with Gasteiger partial charge in [0.25, 0.3) is 0 Å². The molecular weight excluding hydrogens is 793 g/mol. The van der Waals surface area contributed by atoms with Crippen molar-refractivity contribution in [3.05, 3.63) is 0 Å². The molecule has 0 radical (unpaired) electrons. The van der Waals surface area contributed by atoms with Crippen LogP contribution in [0.3, 0.4) is 0 Å². The fourth-order valence-electron chi connectivity index (χ4n) is 5.92. The molecule has 0 spiro atoms. The largest absolute Gasteiger partial charge is 0.502 e. The molecule has 0 aliphatic rings. The van der Waals surface area contributed by atoms with Crippen molar-refractivity contribution in [2.75, 3.05) is 52.9 Å². The molecule has 0 saturated heterocycles. The van der Waals surface area contributed by atoms with Gasteiger partial charge in [0, 0.05) is 25.7 Å². The number of hydrogen-bond acceptors (Lipinski definition) is 10. The van der Waals surface area contributed by atoms with Crippen LogP contribution in [0, 0.1) is 5.92 Å². The van der Waals surface area contributed by atoms with Crippen LogP contribution < -0.4 is 0 Å². The SMILES string of the molecule is CC(C)CCCCCCCCCCCCC(O)=S.CCCCCCC(=S)OCCOCC(COCCOC(=S)CCCCCC)OCCOC(=S)CCCCCC. The second kappa shape index (κ2) is 48.1. The molecule has 0 fully saturated rings. The first-order chi connectivity index (χ1) is 27.7. The predicted octanol–water partition coefficient (Wildman–Crippen LogP) is 14.6. The smallest absolute Gasteiger partial charge is 0.159 e. The van der Waals surface area contributed by atoms with Crippen molar-refractivity contribution >= 4 is 69.1 Å². The maximum absolute atomic E-state index is 8.86. The van der Waals surface area contributed by atoms with E-state index in [2.05, 4.69) is 46.8 Å². The molecule has 0 aromatic rings. The van der Waals surface area contributed by atoms with Gasteiger partial charge in [-0.1, -0.05) is 157 Å². The highest BCUT2D eigenvalue weighted by molar-refractivity contribution is 7.80. The molecule has 0 saturated carbocycles. The van der Waals surface area contributed by atoms with Crippen molar-refractivity contribution < 1.29 is 33.5 Å². The van der Waals surface area contributed by atoms with Crippen LogP contribution in [0.5, 0.6) is 0 Å². The number of aliphatic hydroxyl groups is 1.